The minimum Gasteiger partial charge on any atom is -0.377 e. The molecule has 0 amide bonds. The van der Waals surface area contributed by atoms with E-state index < -0.39 is 0 Å². The molecule has 2 rings (SSSR count). The van der Waals surface area contributed by atoms with Crippen LogP contribution in [0.25, 0.3) is 0 Å². The molecule has 90 valence electrons. The maximum absolute atomic E-state index is 5.49. The zero-order valence-corrected chi connectivity index (χ0v) is 10.6. The summed E-state index contributed by atoms with van der Waals surface area (Å²) in [4.78, 5) is 2.49. The molecular weight excluding hydrogens is 198 g/mol. The number of hydrogen-bond acceptors (Lipinski definition) is 2. The van der Waals surface area contributed by atoms with Gasteiger partial charge in [-0.1, -0.05) is 19.9 Å². The molecular formula is C14H23NO. The van der Waals surface area contributed by atoms with Gasteiger partial charge in [0.25, 0.3) is 0 Å². The molecule has 2 nitrogen and oxygen atoms in total. The molecule has 2 atom stereocenters. The third-order valence-electron chi connectivity index (χ3n) is 3.84. The lowest BCUT2D eigenvalue weighted by atomic mass is 9.95. The summed E-state index contributed by atoms with van der Waals surface area (Å²) in [7, 11) is 1.80. The van der Waals surface area contributed by atoms with Crippen molar-refractivity contribution in [1.29, 1.82) is 0 Å². The number of methoxy groups -OCH3 is 1. The van der Waals surface area contributed by atoms with E-state index in [9.17, 15) is 0 Å². The van der Waals surface area contributed by atoms with Gasteiger partial charge in [-0.2, -0.15) is 0 Å². The second-order valence-electron chi connectivity index (χ2n) is 5.18. The quantitative estimate of drug-likeness (QED) is 0.711. The molecule has 0 radical (unpaired) electrons. The molecule has 2 heteroatoms. The van der Waals surface area contributed by atoms with Crippen molar-refractivity contribution >= 4 is 0 Å². The number of piperidine rings is 1. The van der Waals surface area contributed by atoms with Crippen LogP contribution in [-0.4, -0.2) is 31.2 Å². The van der Waals surface area contributed by atoms with E-state index in [1.54, 1.807) is 7.11 Å². The first-order valence-electron chi connectivity index (χ1n) is 6.38. The number of hydrogen-bond donors (Lipinski definition) is 0. The van der Waals surface area contributed by atoms with Crippen molar-refractivity contribution in [2.45, 2.75) is 32.8 Å². The van der Waals surface area contributed by atoms with E-state index in [4.69, 9.17) is 4.74 Å². The van der Waals surface area contributed by atoms with Gasteiger partial charge in [-0.25, -0.2) is 0 Å². The van der Waals surface area contributed by atoms with Crippen molar-refractivity contribution in [2.24, 2.45) is 11.8 Å². The first-order chi connectivity index (χ1) is 7.70. The second kappa shape index (κ2) is 5.05. The number of likely N-dealkylation sites (tertiary alicyclic amines) is 1. The Balaban J connectivity index is 2.01. The fourth-order valence-electron chi connectivity index (χ4n) is 2.50. The van der Waals surface area contributed by atoms with Crippen LogP contribution < -0.4 is 0 Å². The Morgan fingerprint density at radius 2 is 1.94 bits per heavy atom. The largest absolute Gasteiger partial charge is 0.377 e. The molecule has 0 aromatic carbocycles. The number of allylic oxidation sites excluding steroid dienone is 1. The lowest BCUT2D eigenvalue weighted by molar-refractivity contribution is 0.107. The highest BCUT2D eigenvalue weighted by molar-refractivity contribution is 5.25. The van der Waals surface area contributed by atoms with Crippen molar-refractivity contribution < 1.29 is 4.74 Å². The van der Waals surface area contributed by atoms with E-state index >= 15 is 0 Å². The summed E-state index contributed by atoms with van der Waals surface area (Å²) in [5, 5.41) is 0. The zero-order valence-electron chi connectivity index (χ0n) is 10.6. The van der Waals surface area contributed by atoms with Gasteiger partial charge in [0.05, 0.1) is 6.10 Å². The summed E-state index contributed by atoms with van der Waals surface area (Å²) in [5.74, 6) is 1.39. The third-order valence-corrected chi connectivity index (χ3v) is 3.84. The summed E-state index contributed by atoms with van der Waals surface area (Å²) in [6.45, 7) is 6.95. The van der Waals surface area contributed by atoms with Gasteiger partial charge in [-0.3, -0.25) is 0 Å². The third kappa shape index (κ3) is 2.49. The van der Waals surface area contributed by atoms with Gasteiger partial charge >= 0.3 is 0 Å². The van der Waals surface area contributed by atoms with Crippen molar-refractivity contribution in [3.05, 3.63) is 23.9 Å². The minimum atomic E-state index is 0.249. The fraction of sp³-hybridized carbons (Fsp3) is 0.714. The van der Waals surface area contributed by atoms with E-state index in [2.05, 4.69) is 37.0 Å². The van der Waals surface area contributed by atoms with Crippen LogP contribution in [0.1, 0.15) is 26.7 Å². The molecule has 1 heterocycles. The Morgan fingerprint density at radius 3 is 2.56 bits per heavy atom. The summed E-state index contributed by atoms with van der Waals surface area (Å²) in [6, 6.07) is 0. The van der Waals surface area contributed by atoms with Crippen LogP contribution in [0.5, 0.6) is 0 Å². The topological polar surface area (TPSA) is 12.5 Å². The predicted octanol–water partition coefficient (Wildman–Crippen LogP) is 2.82. The Morgan fingerprint density at radius 1 is 1.25 bits per heavy atom. The van der Waals surface area contributed by atoms with Gasteiger partial charge in [0.1, 0.15) is 0 Å². The lowest BCUT2D eigenvalue weighted by Gasteiger charge is -2.35. The van der Waals surface area contributed by atoms with Gasteiger partial charge in [-0.15, -0.1) is 0 Å². The minimum absolute atomic E-state index is 0.249. The normalized spacial score (nSPS) is 31.7. The van der Waals surface area contributed by atoms with Gasteiger partial charge in [0.2, 0.25) is 0 Å². The van der Waals surface area contributed by atoms with E-state index in [0.717, 1.165) is 5.92 Å². The van der Waals surface area contributed by atoms with Gasteiger partial charge in [0.15, 0.2) is 0 Å². The summed E-state index contributed by atoms with van der Waals surface area (Å²) >= 11 is 0. The molecule has 2 aliphatic rings. The highest BCUT2D eigenvalue weighted by Gasteiger charge is 2.21. The number of nitrogens with zero attached hydrogens (tertiary/aromatic N) is 1. The number of ether oxygens (including phenoxy) is 1. The first-order valence-corrected chi connectivity index (χ1v) is 6.38. The molecule has 1 aliphatic heterocycles. The van der Waals surface area contributed by atoms with Crippen molar-refractivity contribution in [2.75, 3.05) is 20.2 Å². The Hall–Kier alpha value is -0.760. The van der Waals surface area contributed by atoms with Crippen LogP contribution >= 0.6 is 0 Å². The van der Waals surface area contributed by atoms with Crippen LogP contribution in [0.15, 0.2) is 23.9 Å². The van der Waals surface area contributed by atoms with E-state index in [0.29, 0.717) is 5.92 Å². The predicted molar refractivity (Wildman–Crippen MR) is 67.2 cm³/mol. The first kappa shape index (κ1) is 11.7. The average molecular weight is 221 g/mol. The van der Waals surface area contributed by atoms with Gasteiger partial charge in [0, 0.05) is 31.8 Å². The SMILES string of the molecule is COC1C=C(N2CCC(C)CC2)C=CC1C. The molecule has 1 aliphatic carbocycles. The summed E-state index contributed by atoms with van der Waals surface area (Å²) in [6.07, 6.45) is 9.69. The molecule has 2 unspecified atom stereocenters. The van der Waals surface area contributed by atoms with Crippen LogP contribution in [0.4, 0.5) is 0 Å². The lowest BCUT2D eigenvalue weighted by Crippen LogP contribution is -2.34. The maximum atomic E-state index is 5.49. The molecule has 0 saturated carbocycles. The molecule has 0 N–H and O–H groups in total. The zero-order chi connectivity index (χ0) is 11.5. The summed E-state index contributed by atoms with van der Waals surface area (Å²) < 4.78 is 5.49. The van der Waals surface area contributed by atoms with Crippen LogP contribution in [-0.2, 0) is 4.74 Å². The van der Waals surface area contributed by atoms with E-state index in [1.165, 1.54) is 31.6 Å². The van der Waals surface area contributed by atoms with E-state index in [1.807, 2.05) is 0 Å². The van der Waals surface area contributed by atoms with Crippen LogP contribution in [0.2, 0.25) is 0 Å². The molecule has 0 spiro atoms. The second-order valence-corrected chi connectivity index (χ2v) is 5.18. The van der Waals surface area contributed by atoms with E-state index in [-0.39, 0.29) is 6.10 Å². The standard InChI is InChI=1S/C14H23NO/c1-11-6-8-15(9-7-11)13-5-4-12(2)14(10-13)16-3/h4-5,10-12,14H,6-9H2,1-3H3. The van der Waals surface area contributed by atoms with Gasteiger partial charge < -0.3 is 9.64 Å². The number of rotatable bonds is 2. The molecule has 16 heavy (non-hydrogen) atoms. The summed E-state index contributed by atoms with van der Waals surface area (Å²) in [5.41, 5.74) is 1.36. The smallest absolute Gasteiger partial charge is 0.0834 e. The molecule has 0 aromatic heterocycles. The Kier molecular flexibility index (Phi) is 3.70. The van der Waals surface area contributed by atoms with Crippen molar-refractivity contribution in [3.63, 3.8) is 0 Å². The molecule has 1 fully saturated rings. The molecule has 0 aromatic rings. The maximum Gasteiger partial charge on any atom is 0.0834 e. The van der Waals surface area contributed by atoms with Crippen LogP contribution in [0.3, 0.4) is 0 Å². The molecule has 1 saturated heterocycles. The Bertz CT molecular complexity index is 287. The monoisotopic (exact) mass is 221 g/mol. The Labute approximate surface area is 99.0 Å². The van der Waals surface area contributed by atoms with Crippen molar-refractivity contribution in [3.8, 4) is 0 Å². The highest BCUT2D eigenvalue weighted by Crippen LogP contribution is 2.25. The molecule has 0 bridgehead atoms. The van der Waals surface area contributed by atoms with Crippen LogP contribution in [0, 0.1) is 11.8 Å². The van der Waals surface area contributed by atoms with Gasteiger partial charge in [-0.05, 0) is 30.9 Å². The van der Waals surface area contributed by atoms with Crippen molar-refractivity contribution in [1.82, 2.24) is 4.90 Å². The highest BCUT2D eigenvalue weighted by atomic mass is 16.5. The fourth-order valence-corrected chi connectivity index (χ4v) is 2.50. The average Bonchev–Trinajstić information content (AvgIpc) is 2.31.